The zero-order valence-electron chi connectivity index (χ0n) is 14.4. The van der Waals surface area contributed by atoms with Gasteiger partial charge in [-0.25, -0.2) is 4.79 Å². The van der Waals surface area contributed by atoms with Crippen molar-refractivity contribution in [2.45, 2.75) is 13.2 Å². The Hall–Kier alpha value is -3.67. The van der Waals surface area contributed by atoms with Crippen LogP contribution in [0, 0.1) is 10.1 Å². The average Bonchev–Trinajstić information content (AvgIpc) is 2.71. The predicted octanol–water partition coefficient (Wildman–Crippen LogP) is 4.53. The highest BCUT2D eigenvalue weighted by Crippen LogP contribution is 2.32. The summed E-state index contributed by atoms with van der Waals surface area (Å²) in [5.41, 5.74) is 1.40. The van der Waals surface area contributed by atoms with Gasteiger partial charge in [0.1, 0.15) is 18.8 Å². The summed E-state index contributed by atoms with van der Waals surface area (Å²) in [6, 6.07) is 22.6. The second kappa shape index (κ2) is 8.62. The van der Waals surface area contributed by atoms with E-state index in [1.807, 2.05) is 60.7 Å². The van der Waals surface area contributed by atoms with E-state index in [9.17, 15) is 14.9 Å². The Kier molecular flexibility index (Phi) is 5.79. The van der Waals surface area contributed by atoms with Gasteiger partial charge in [0.05, 0.1) is 4.92 Å². The summed E-state index contributed by atoms with van der Waals surface area (Å²) in [5, 5.41) is 11.4. The second-order valence-corrected chi connectivity index (χ2v) is 5.75. The SMILES string of the molecule is O=C(OCc1ccccc1)c1cccc([N+](=O)[O-])c1OCc1ccccc1. The Balaban J connectivity index is 1.81. The Labute approximate surface area is 156 Å². The molecule has 0 spiro atoms. The molecule has 0 radical (unpaired) electrons. The zero-order valence-corrected chi connectivity index (χ0v) is 14.4. The van der Waals surface area contributed by atoms with Crippen LogP contribution in [-0.4, -0.2) is 10.9 Å². The summed E-state index contributed by atoms with van der Waals surface area (Å²) in [6.45, 7) is 0.172. The molecule has 27 heavy (non-hydrogen) atoms. The van der Waals surface area contributed by atoms with Crippen LogP contribution in [0.4, 0.5) is 5.69 Å². The summed E-state index contributed by atoms with van der Waals surface area (Å²) in [5.74, 6) is -0.768. The number of esters is 1. The summed E-state index contributed by atoms with van der Waals surface area (Å²) >= 11 is 0. The summed E-state index contributed by atoms with van der Waals surface area (Å²) in [7, 11) is 0. The lowest BCUT2D eigenvalue weighted by Crippen LogP contribution is -2.10. The maximum Gasteiger partial charge on any atom is 0.342 e. The Morgan fingerprint density at radius 3 is 2.00 bits per heavy atom. The molecular formula is C21H17NO5. The summed E-state index contributed by atoms with van der Waals surface area (Å²) < 4.78 is 10.9. The molecule has 0 heterocycles. The van der Waals surface area contributed by atoms with Crippen LogP contribution >= 0.6 is 0 Å². The van der Waals surface area contributed by atoms with Crippen LogP contribution < -0.4 is 4.74 Å². The normalized spacial score (nSPS) is 10.2. The van der Waals surface area contributed by atoms with Gasteiger partial charge in [0, 0.05) is 6.07 Å². The average molecular weight is 363 g/mol. The highest BCUT2D eigenvalue weighted by atomic mass is 16.6. The molecule has 3 rings (SSSR count). The van der Waals surface area contributed by atoms with E-state index in [0.29, 0.717) is 0 Å². The quantitative estimate of drug-likeness (QED) is 0.350. The molecular weight excluding hydrogens is 346 g/mol. The Morgan fingerprint density at radius 2 is 1.41 bits per heavy atom. The van der Waals surface area contributed by atoms with E-state index in [2.05, 4.69) is 0 Å². The number of benzene rings is 3. The maximum absolute atomic E-state index is 12.5. The lowest BCUT2D eigenvalue weighted by molar-refractivity contribution is -0.386. The molecule has 0 aliphatic carbocycles. The molecule has 6 heteroatoms. The molecule has 136 valence electrons. The molecule has 0 N–H and O–H groups in total. The van der Waals surface area contributed by atoms with Crippen molar-refractivity contribution >= 4 is 11.7 Å². The van der Waals surface area contributed by atoms with Crippen LogP contribution in [0.5, 0.6) is 5.75 Å². The van der Waals surface area contributed by atoms with Crippen molar-refractivity contribution in [3.63, 3.8) is 0 Å². The molecule has 0 unspecified atom stereocenters. The van der Waals surface area contributed by atoms with Gasteiger partial charge in [0.2, 0.25) is 5.75 Å². The number of rotatable bonds is 7. The van der Waals surface area contributed by atoms with Crippen molar-refractivity contribution in [2.24, 2.45) is 0 Å². The number of carbonyl (C=O) groups excluding carboxylic acids is 1. The number of carbonyl (C=O) groups is 1. The van der Waals surface area contributed by atoms with Gasteiger partial charge in [0.15, 0.2) is 0 Å². The van der Waals surface area contributed by atoms with Gasteiger partial charge in [-0.15, -0.1) is 0 Å². The monoisotopic (exact) mass is 363 g/mol. The van der Waals surface area contributed by atoms with E-state index in [-0.39, 0.29) is 30.2 Å². The molecule has 6 nitrogen and oxygen atoms in total. The van der Waals surface area contributed by atoms with Gasteiger partial charge in [-0.1, -0.05) is 66.7 Å². The molecule has 0 saturated heterocycles. The third-order valence-electron chi connectivity index (χ3n) is 3.85. The van der Waals surface area contributed by atoms with Crippen LogP contribution in [0.25, 0.3) is 0 Å². The number of para-hydroxylation sites is 1. The second-order valence-electron chi connectivity index (χ2n) is 5.75. The fraction of sp³-hybridized carbons (Fsp3) is 0.0952. The van der Waals surface area contributed by atoms with Crippen molar-refractivity contribution in [3.8, 4) is 5.75 Å². The van der Waals surface area contributed by atoms with Crippen LogP contribution in [-0.2, 0) is 18.0 Å². The van der Waals surface area contributed by atoms with Gasteiger partial charge in [-0.05, 0) is 17.2 Å². The lowest BCUT2D eigenvalue weighted by atomic mass is 10.1. The first-order valence-electron chi connectivity index (χ1n) is 8.30. The first kappa shape index (κ1) is 18.1. The Bertz CT molecular complexity index is 926. The lowest BCUT2D eigenvalue weighted by Gasteiger charge is -2.12. The fourth-order valence-corrected chi connectivity index (χ4v) is 2.51. The maximum atomic E-state index is 12.5. The Morgan fingerprint density at radius 1 is 0.815 bits per heavy atom. The van der Waals surface area contributed by atoms with Gasteiger partial charge in [-0.3, -0.25) is 10.1 Å². The van der Waals surface area contributed by atoms with E-state index in [4.69, 9.17) is 9.47 Å². The van der Waals surface area contributed by atoms with Gasteiger partial charge >= 0.3 is 11.7 Å². The number of nitrogens with zero attached hydrogens (tertiary/aromatic N) is 1. The highest BCUT2D eigenvalue weighted by molar-refractivity contribution is 5.94. The van der Waals surface area contributed by atoms with Crippen LogP contribution in [0.3, 0.4) is 0 Å². The van der Waals surface area contributed by atoms with E-state index in [1.165, 1.54) is 18.2 Å². The first-order valence-corrected chi connectivity index (χ1v) is 8.30. The summed E-state index contributed by atoms with van der Waals surface area (Å²) in [4.78, 5) is 23.3. The van der Waals surface area contributed by atoms with E-state index >= 15 is 0 Å². The zero-order chi connectivity index (χ0) is 19.1. The van der Waals surface area contributed by atoms with Gasteiger partial charge in [0.25, 0.3) is 0 Å². The molecule has 0 amide bonds. The molecule has 0 bridgehead atoms. The molecule has 0 aliphatic rings. The van der Waals surface area contributed by atoms with E-state index in [1.54, 1.807) is 0 Å². The van der Waals surface area contributed by atoms with Crippen molar-refractivity contribution in [1.29, 1.82) is 0 Å². The standard InChI is InChI=1S/C21H17NO5/c23-21(27-15-17-10-5-2-6-11-17)18-12-7-13-19(22(24)25)20(18)26-14-16-8-3-1-4-9-16/h1-13H,14-15H2. The molecule has 0 aliphatic heterocycles. The number of nitro benzene ring substituents is 1. The molecule has 0 fully saturated rings. The molecule has 3 aromatic rings. The minimum absolute atomic E-state index is 0.0241. The van der Waals surface area contributed by atoms with Crippen molar-refractivity contribution in [3.05, 3.63) is 106 Å². The largest absolute Gasteiger partial charge is 0.481 e. The molecule has 3 aromatic carbocycles. The summed E-state index contributed by atoms with van der Waals surface area (Å²) in [6.07, 6.45) is 0. The fourth-order valence-electron chi connectivity index (χ4n) is 2.51. The third kappa shape index (κ3) is 4.70. The van der Waals surface area contributed by atoms with Crippen LogP contribution in [0.15, 0.2) is 78.9 Å². The van der Waals surface area contributed by atoms with E-state index < -0.39 is 10.9 Å². The number of nitro groups is 1. The third-order valence-corrected chi connectivity index (χ3v) is 3.85. The topological polar surface area (TPSA) is 78.7 Å². The van der Waals surface area contributed by atoms with Crippen molar-refractivity contribution < 1.29 is 19.2 Å². The smallest absolute Gasteiger partial charge is 0.342 e. The minimum Gasteiger partial charge on any atom is -0.481 e. The highest BCUT2D eigenvalue weighted by Gasteiger charge is 2.24. The predicted molar refractivity (Wildman–Crippen MR) is 99.4 cm³/mol. The van der Waals surface area contributed by atoms with Gasteiger partial charge in [-0.2, -0.15) is 0 Å². The molecule has 0 atom stereocenters. The first-order chi connectivity index (χ1) is 13.1. The number of hydrogen-bond donors (Lipinski definition) is 0. The van der Waals surface area contributed by atoms with E-state index in [0.717, 1.165) is 11.1 Å². The number of ether oxygens (including phenoxy) is 2. The van der Waals surface area contributed by atoms with Crippen LogP contribution in [0.1, 0.15) is 21.5 Å². The van der Waals surface area contributed by atoms with Crippen molar-refractivity contribution in [1.82, 2.24) is 0 Å². The molecule has 0 aromatic heterocycles. The minimum atomic E-state index is -0.675. The molecule has 0 saturated carbocycles. The van der Waals surface area contributed by atoms with Crippen LogP contribution in [0.2, 0.25) is 0 Å². The number of hydrogen-bond acceptors (Lipinski definition) is 5. The van der Waals surface area contributed by atoms with Gasteiger partial charge < -0.3 is 9.47 Å². The van der Waals surface area contributed by atoms with Crippen molar-refractivity contribution in [2.75, 3.05) is 0 Å².